The molecule has 10 nitrogen and oxygen atoms in total. The molecular weight excluding hydrogens is 446 g/mol. The molecule has 0 saturated heterocycles. The number of benzene rings is 1. The molecule has 0 bridgehead atoms. The maximum absolute atomic E-state index is 12.7. The number of aromatic nitrogens is 4. The fourth-order valence-corrected chi connectivity index (χ4v) is 3.52. The largest absolute Gasteiger partial charge is 0.394 e. The Balaban J connectivity index is 1.77. The molecule has 1 amide bonds. The van der Waals surface area contributed by atoms with Crippen LogP contribution in [0.3, 0.4) is 0 Å². The fraction of sp³-hybridized carbons (Fsp3) is 0.182. The summed E-state index contributed by atoms with van der Waals surface area (Å²) in [7, 11) is 1.72. The van der Waals surface area contributed by atoms with Gasteiger partial charge in [-0.3, -0.25) is 9.59 Å². The Kier molecular flexibility index (Phi) is 6.57. The zero-order chi connectivity index (χ0) is 23.4. The van der Waals surface area contributed by atoms with E-state index < -0.39 is 11.9 Å². The number of alkyl halides is 1. The van der Waals surface area contributed by atoms with Gasteiger partial charge in [0.1, 0.15) is 5.69 Å². The molecule has 1 aromatic carbocycles. The predicted molar refractivity (Wildman–Crippen MR) is 127 cm³/mol. The van der Waals surface area contributed by atoms with Crippen molar-refractivity contribution in [1.82, 2.24) is 24.9 Å². The first-order valence-corrected chi connectivity index (χ1v) is 10.7. The van der Waals surface area contributed by atoms with Crippen LogP contribution < -0.4 is 21.5 Å². The number of nitrogens with zero attached hydrogens (tertiary/aromatic N) is 3. The van der Waals surface area contributed by atoms with Crippen LogP contribution >= 0.6 is 11.6 Å². The number of nitrogens with one attached hydrogen (secondary N) is 4. The SMILES string of the molecule is CNc1cc(Nc2c(-c3ccccc3)cc[nH]c2=O)nn2c(C(=O)NC(CO)CCl)cnc12. The number of amides is 1. The van der Waals surface area contributed by atoms with Crippen molar-refractivity contribution in [3.05, 3.63) is 70.9 Å². The number of hydrogen-bond donors (Lipinski definition) is 5. The first-order chi connectivity index (χ1) is 16.0. The summed E-state index contributed by atoms with van der Waals surface area (Å²) in [6, 6.07) is 12.4. The van der Waals surface area contributed by atoms with Gasteiger partial charge in [0, 0.05) is 30.8 Å². The predicted octanol–water partition coefficient (Wildman–Crippen LogP) is 2.20. The summed E-state index contributed by atoms with van der Waals surface area (Å²) >= 11 is 5.77. The van der Waals surface area contributed by atoms with Crippen LogP contribution in [0.2, 0.25) is 0 Å². The van der Waals surface area contributed by atoms with E-state index in [1.54, 1.807) is 25.4 Å². The fourth-order valence-electron chi connectivity index (χ4n) is 3.35. The van der Waals surface area contributed by atoms with Gasteiger partial charge >= 0.3 is 0 Å². The lowest BCUT2D eigenvalue weighted by Gasteiger charge is -2.14. The number of carbonyl (C=O) groups excluding carboxylic acids is 1. The minimum atomic E-state index is -0.605. The molecule has 0 aliphatic heterocycles. The van der Waals surface area contributed by atoms with E-state index in [0.717, 1.165) is 5.56 Å². The second-order valence-electron chi connectivity index (χ2n) is 7.17. The van der Waals surface area contributed by atoms with Gasteiger partial charge in [-0.1, -0.05) is 30.3 Å². The molecule has 0 spiro atoms. The molecule has 11 heteroatoms. The Morgan fingerprint density at radius 1 is 1.27 bits per heavy atom. The summed E-state index contributed by atoms with van der Waals surface area (Å²) in [4.78, 5) is 32.4. The van der Waals surface area contributed by atoms with Crippen molar-refractivity contribution in [3.63, 3.8) is 0 Å². The second-order valence-corrected chi connectivity index (χ2v) is 7.47. The molecule has 3 aromatic heterocycles. The average molecular weight is 468 g/mol. The maximum Gasteiger partial charge on any atom is 0.272 e. The van der Waals surface area contributed by atoms with Gasteiger partial charge < -0.3 is 26.0 Å². The van der Waals surface area contributed by atoms with Crippen LogP contribution in [0.5, 0.6) is 0 Å². The number of carbonyl (C=O) groups is 1. The minimum Gasteiger partial charge on any atom is -0.394 e. The number of anilines is 3. The number of aliphatic hydroxyl groups excluding tert-OH is 1. The lowest BCUT2D eigenvalue weighted by Crippen LogP contribution is -2.39. The molecular formula is C22H22ClN7O3. The summed E-state index contributed by atoms with van der Waals surface area (Å²) in [5.74, 6) is -0.111. The van der Waals surface area contributed by atoms with Gasteiger partial charge in [-0.25, -0.2) is 9.50 Å². The number of imidazole rings is 1. The number of aromatic amines is 1. The number of aliphatic hydroxyl groups is 1. The third-order valence-corrected chi connectivity index (χ3v) is 5.38. The highest BCUT2D eigenvalue weighted by Crippen LogP contribution is 2.28. The number of rotatable bonds is 8. The molecule has 1 unspecified atom stereocenters. The summed E-state index contributed by atoms with van der Waals surface area (Å²) < 4.78 is 1.37. The molecule has 170 valence electrons. The second kappa shape index (κ2) is 9.72. The molecule has 0 aliphatic carbocycles. The Labute approximate surface area is 193 Å². The van der Waals surface area contributed by atoms with Crippen LogP contribution in [0.25, 0.3) is 16.8 Å². The van der Waals surface area contributed by atoms with E-state index in [0.29, 0.717) is 28.4 Å². The van der Waals surface area contributed by atoms with E-state index in [-0.39, 0.29) is 23.7 Å². The standard InChI is InChI=1S/C22H22ClN7O3/c1-24-16-9-18(28-19-15(7-8-25-22(19)33)13-5-3-2-4-6-13)29-30-17(11-26-20(16)30)21(32)27-14(10-23)12-31/h2-9,11,14,24,31H,10,12H2,1H3,(H,25,33)(H,27,32)(H,28,29). The van der Waals surface area contributed by atoms with Gasteiger partial charge in [0.25, 0.3) is 11.5 Å². The summed E-state index contributed by atoms with van der Waals surface area (Å²) in [5, 5.41) is 22.6. The summed E-state index contributed by atoms with van der Waals surface area (Å²) in [6.07, 6.45) is 2.97. The van der Waals surface area contributed by atoms with Gasteiger partial charge in [-0.2, -0.15) is 0 Å². The minimum absolute atomic E-state index is 0.0556. The van der Waals surface area contributed by atoms with E-state index in [4.69, 9.17) is 11.6 Å². The number of hydrogen-bond acceptors (Lipinski definition) is 7. The van der Waals surface area contributed by atoms with Crippen LogP contribution in [0.15, 0.2) is 59.7 Å². The zero-order valence-electron chi connectivity index (χ0n) is 17.7. The van der Waals surface area contributed by atoms with Crippen molar-refractivity contribution in [2.75, 3.05) is 30.2 Å². The van der Waals surface area contributed by atoms with Crippen molar-refractivity contribution in [2.45, 2.75) is 6.04 Å². The Hall–Kier alpha value is -3.89. The van der Waals surface area contributed by atoms with Crippen LogP contribution in [0.1, 0.15) is 10.5 Å². The average Bonchev–Trinajstić information content (AvgIpc) is 3.28. The lowest BCUT2D eigenvalue weighted by atomic mass is 10.1. The van der Waals surface area contributed by atoms with Gasteiger partial charge in [0.05, 0.1) is 24.5 Å². The molecule has 0 fully saturated rings. The lowest BCUT2D eigenvalue weighted by molar-refractivity contribution is 0.0916. The molecule has 33 heavy (non-hydrogen) atoms. The van der Waals surface area contributed by atoms with E-state index in [2.05, 4.69) is 31.0 Å². The molecule has 0 radical (unpaired) electrons. The summed E-state index contributed by atoms with van der Waals surface area (Å²) in [6.45, 7) is -0.299. The van der Waals surface area contributed by atoms with E-state index in [1.807, 2.05) is 30.3 Å². The molecule has 4 aromatic rings. The molecule has 0 saturated carbocycles. The quantitative estimate of drug-likeness (QED) is 0.250. The molecule has 5 N–H and O–H groups in total. The van der Waals surface area contributed by atoms with Gasteiger partial charge in [0.2, 0.25) is 0 Å². The van der Waals surface area contributed by atoms with Crippen LogP contribution in [0.4, 0.5) is 17.2 Å². The normalized spacial score (nSPS) is 11.8. The van der Waals surface area contributed by atoms with Crippen molar-refractivity contribution >= 4 is 40.3 Å². The van der Waals surface area contributed by atoms with E-state index in [9.17, 15) is 14.7 Å². The highest BCUT2D eigenvalue weighted by molar-refractivity contribution is 6.18. The van der Waals surface area contributed by atoms with Gasteiger partial charge in [0.15, 0.2) is 17.2 Å². The van der Waals surface area contributed by atoms with Gasteiger partial charge in [-0.05, 0) is 11.6 Å². The number of halogens is 1. The van der Waals surface area contributed by atoms with E-state index in [1.165, 1.54) is 10.7 Å². The molecule has 1 atom stereocenters. The highest BCUT2D eigenvalue weighted by atomic mass is 35.5. The third kappa shape index (κ3) is 4.52. The molecule has 0 aliphatic rings. The monoisotopic (exact) mass is 467 g/mol. The smallest absolute Gasteiger partial charge is 0.272 e. The van der Waals surface area contributed by atoms with Crippen molar-refractivity contribution < 1.29 is 9.90 Å². The molecule has 3 heterocycles. The Morgan fingerprint density at radius 2 is 2.06 bits per heavy atom. The number of pyridine rings is 1. The van der Waals surface area contributed by atoms with Crippen molar-refractivity contribution in [1.29, 1.82) is 0 Å². The Morgan fingerprint density at radius 3 is 2.76 bits per heavy atom. The third-order valence-electron chi connectivity index (χ3n) is 5.01. The Bertz CT molecular complexity index is 1330. The first kappa shape index (κ1) is 22.3. The molecule has 4 rings (SSSR count). The number of fused-ring (bicyclic) bond motifs is 1. The number of H-pyrrole nitrogens is 1. The topological polar surface area (TPSA) is 136 Å². The van der Waals surface area contributed by atoms with Crippen LogP contribution in [-0.2, 0) is 0 Å². The van der Waals surface area contributed by atoms with E-state index >= 15 is 0 Å². The van der Waals surface area contributed by atoms with Gasteiger partial charge in [-0.15, -0.1) is 16.7 Å². The van der Waals surface area contributed by atoms with Crippen molar-refractivity contribution in [2.24, 2.45) is 0 Å². The van der Waals surface area contributed by atoms with Crippen LogP contribution in [0, 0.1) is 0 Å². The van der Waals surface area contributed by atoms with Crippen molar-refractivity contribution in [3.8, 4) is 11.1 Å². The summed E-state index contributed by atoms with van der Waals surface area (Å²) in [5.41, 5.74) is 2.72. The van der Waals surface area contributed by atoms with Crippen LogP contribution in [-0.4, -0.2) is 56.2 Å². The maximum atomic E-state index is 12.7. The first-order valence-electron chi connectivity index (χ1n) is 10.1. The highest BCUT2D eigenvalue weighted by Gasteiger charge is 2.20. The zero-order valence-corrected chi connectivity index (χ0v) is 18.4.